The second-order valence-electron chi connectivity index (χ2n) is 7.13. The summed E-state index contributed by atoms with van der Waals surface area (Å²) in [5.74, 6) is 1.62. The van der Waals surface area contributed by atoms with Gasteiger partial charge >= 0.3 is 0 Å². The molecule has 6 heteroatoms. The first-order valence-corrected chi connectivity index (χ1v) is 9.56. The molecule has 2 aromatic carbocycles. The highest BCUT2D eigenvalue weighted by atomic mass is 16.5. The summed E-state index contributed by atoms with van der Waals surface area (Å²) < 4.78 is 12.7. The van der Waals surface area contributed by atoms with Crippen molar-refractivity contribution in [2.75, 3.05) is 7.05 Å². The van der Waals surface area contributed by atoms with Gasteiger partial charge in [-0.2, -0.15) is 5.10 Å². The summed E-state index contributed by atoms with van der Waals surface area (Å²) >= 11 is 0. The number of rotatable bonds is 7. The third-order valence-electron chi connectivity index (χ3n) is 4.98. The monoisotopic (exact) mass is 388 g/mol. The zero-order chi connectivity index (χ0) is 20.2. The van der Waals surface area contributed by atoms with Crippen LogP contribution in [0.5, 0.6) is 11.5 Å². The number of aryl methyl sites for hydroxylation is 1. The Hall–Kier alpha value is -3.38. The molecule has 0 aliphatic carbocycles. The van der Waals surface area contributed by atoms with Gasteiger partial charge in [-0.1, -0.05) is 23.4 Å². The molecule has 0 saturated heterocycles. The molecule has 148 valence electrons. The second kappa shape index (κ2) is 8.32. The first-order valence-electron chi connectivity index (χ1n) is 9.56. The van der Waals surface area contributed by atoms with Gasteiger partial charge in [0.15, 0.2) is 0 Å². The minimum atomic E-state index is 0.142. The average Bonchev–Trinajstić information content (AvgIpc) is 3.39. The fourth-order valence-corrected chi connectivity index (χ4v) is 3.27. The molecule has 2 aromatic heterocycles. The van der Waals surface area contributed by atoms with Crippen LogP contribution >= 0.6 is 0 Å². The number of aromatic nitrogens is 3. The van der Waals surface area contributed by atoms with Gasteiger partial charge in [-0.05, 0) is 50.4 Å². The molecule has 1 unspecified atom stereocenters. The van der Waals surface area contributed by atoms with Crippen LogP contribution in [0.3, 0.4) is 0 Å². The summed E-state index contributed by atoms with van der Waals surface area (Å²) in [6.07, 6.45) is 3.67. The van der Waals surface area contributed by atoms with E-state index in [9.17, 15) is 0 Å². The van der Waals surface area contributed by atoms with Crippen molar-refractivity contribution in [3.63, 3.8) is 0 Å². The van der Waals surface area contributed by atoms with Crippen LogP contribution < -0.4 is 4.74 Å². The van der Waals surface area contributed by atoms with Gasteiger partial charge in [-0.3, -0.25) is 9.58 Å². The number of nitrogens with zero attached hydrogens (tertiary/aromatic N) is 4. The first kappa shape index (κ1) is 19.0. The maximum atomic E-state index is 5.89. The van der Waals surface area contributed by atoms with Gasteiger partial charge in [0.05, 0.1) is 11.7 Å². The molecule has 4 aromatic rings. The molecule has 1 atom stereocenters. The molecule has 0 saturated carbocycles. The van der Waals surface area contributed by atoms with Gasteiger partial charge in [0, 0.05) is 37.0 Å². The van der Waals surface area contributed by atoms with Gasteiger partial charge in [0.1, 0.15) is 23.5 Å². The van der Waals surface area contributed by atoms with E-state index in [-0.39, 0.29) is 6.04 Å². The first-order chi connectivity index (χ1) is 14.1. The third-order valence-corrected chi connectivity index (χ3v) is 4.98. The second-order valence-corrected chi connectivity index (χ2v) is 7.13. The summed E-state index contributed by atoms with van der Waals surface area (Å²) in [4.78, 5) is 2.23. The lowest BCUT2D eigenvalue weighted by Crippen LogP contribution is -2.22. The summed E-state index contributed by atoms with van der Waals surface area (Å²) in [5, 5.41) is 8.74. The molecule has 0 N–H and O–H groups in total. The highest BCUT2D eigenvalue weighted by Crippen LogP contribution is 2.28. The van der Waals surface area contributed by atoms with Gasteiger partial charge in [0.2, 0.25) is 0 Å². The molecule has 29 heavy (non-hydrogen) atoms. The van der Waals surface area contributed by atoms with Gasteiger partial charge < -0.3 is 9.26 Å². The Kier molecular flexibility index (Phi) is 5.44. The van der Waals surface area contributed by atoms with E-state index < -0.39 is 0 Å². The maximum absolute atomic E-state index is 5.89. The Morgan fingerprint density at radius 2 is 1.76 bits per heavy atom. The molecule has 0 bridgehead atoms. The van der Waals surface area contributed by atoms with Crippen LogP contribution in [0, 0.1) is 0 Å². The van der Waals surface area contributed by atoms with E-state index in [2.05, 4.69) is 35.3 Å². The van der Waals surface area contributed by atoms with Crippen LogP contribution in [-0.2, 0) is 13.6 Å². The Bertz CT molecular complexity index is 1040. The van der Waals surface area contributed by atoms with Crippen molar-refractivity contribution in [1.29, 1.82) is 0 Å². The number of ether oxygens (including phenoxy) is 1. The zero-order valence-corrected chi connectivity index (χ0v) is 16.8. The lowest BCUT2D eigenvalue weighted by atomic mass is 10.1. The summed E-state index contributed by atoms with van der Waals surface area (Å²) in [5.41, 5.74) is 4.10. The van der Waals surface area contributed by atoms with Crippen molar-refractivity contribution in [2.45, 2.75) is 19.5 Å². The summed E-state index contributed by atoms with van der Waals surface area (Å²) in [7, 11) is 4.02. The van der Waals surface area contributed by atoms with Crippen LogP contribution in [0.4, 0.5) is 0 Å². The van der Waals surface area contributed by atoms with Gasteiger partial charge in [0.25, 0.3) is 0 Å². The molecule has 0 aliphatic rings. The van der Waals surface area contributed by atoms with E-state index >= 15 is 0 Å². The van der Waals surface area contributed by atoms with Crippen molar-refractivity contribution >= 4 is 0 Å². The molecular formula is C23H24N4O2. The highest BCUT2D eigenvalue weighted by molar-refractivity contribution is 5.63. The largest absolute Gasteiger partial charge is 0.457 e. The molecular weight excluding hydrogens is 364 g/mol. The van der Waals surface area contributed by atoms with Crippen LogP contribution in [-0.4, -0.2) is 26.9 Å². The van der Waals surface area contributed by atoms with E-state index in [0.29, 0.717) is 0 Å². The number of benzene rings is 2. The molecule has 0 fully saturated rings. The fourth-order valence-electron chi connectivity index (χ4n) is 3.27. The molecule has 4 rings (SSSR count). The quantitative estimate of drug-likeness (QED) is 0.443. The lowest BCUT2D eigenvalue weighted by Gasteiger charge is -2.22. The predicted molar refractivity (Wildman–Crippen MR) is 112 cm³/mol. The summed E-state index contributed by atoms with van der Waals surface area (Å²) in [6.45, 7) is 2.86. The minimum absolute atomic E-state index is 0.142. The minimum Gasteiger partial charge on any atom is -0.457 e. The van der Waals surface area contributed by atoms with E-state index in [1.165, 1.54) is 0 Å². The standard InChI is InChI=1S/C23H24N4O2/c1-17(22-13-14-28-25-22)26(2)15-19-16-27(3)24-23(19)18-9-11-21(12-10-18)29-20-7-5-4-6-8-20/h4-14,16-17H,15H2,1-3H3. The Labute approximate surface area is 170 Å². The Morgan fingerprint density at radius 3 is 2.45 bits per heavy atom. The highest BCUT2D eigenvalue weighted by Gasteiger charge is 2.18. The normalized spacial score (nSPS) is 12.3. The van der Waals surface area contributed by atoms with Crippen LogP contribution in [0.1, 0.15) is 24.2 Å². The molecule has 0 aliphatic heterocycles. The Balaban J connectivity index is 1.52. The number of hydrogen-bond acceptors (Lipinski definition) is 5. The number of para-hydroxylation sites is 1. The topological polar surface area (TPSA) is 56.3 Å². The van der Waals surface area contributed by atoms with Crippen molar-refractivity contribution in [2.24, 2.45) is 7.05 Å². The van der Waals surface area contributed by atoms with Crippen molar-refractivity contribution < 1.29 is 9.26 Å². The number of hydrogen-bond donors (Lipinski definition) is 0. The van der Waals surface area contributed by atoms with Crippen molar-refractivity contribution in [3.05, 3.63) is 84.4 Å². The Morgan fingerprint density at radius 1 is 1.03 bits per heavy atom. The average molecular weight is 388 g/mol. The smallest absolute Gasteiger partial charge is 0.127 e. The molecule has 0 radical (unpaired) electrons. The van der Waals surface area contributed by atoms with Crippen LogP contribution in [0.2, 0.25) is 0 Å². The summed E-state index contributed by atoms with van der Waals surface area (Å²) in [6, 6.07) is 19.9. The van der Waals surface area contributed by atoms with Crippen LogP contribution in [0.25, 0.3) is 11.3 Å². The molecule has 0 amide bonds. The van der Waals surface area contributed by atoms with Crippen LogP contribution in [0.15, 0.2) is 77.6 Å². The maximum Gasteiger partial charge on any atom is 0.127 e. The molecule has 2 heterocycles. The van der Waals surface area contributed by atoms with Crippen molar-refractivity contribution in [1.82, 2.24) is 19.8 Å². The van der Waals surface area contributed by atoms with Gasteiger partial charge in [-0.15, -0.1) is 0 Å². The molecule has 6 nitrogen and oxygen atoms in total. The fraction of sp³-hybridized carbons (Fsp3) is 0.217. The lowest BCUT2D eigenvalue weighted by molar-refractivity contribution is 0.241. The SMILES string of the molecule is CC(c1ccon1)N(C)Cc1cn(C)nc1-c1ccc(Oc2ccccc2)cc1. The van der Waals surface area contributed by atoms with Gasteiger partial charge in [-0.25, -0.2) is 0 Å². The predicted octanol–water partition coefficient (Wildman–Crippen LogP) is 5.06. The van der Waals surface area contributed by atoms with E-state index in [0.717, 1.165) is 40.6 Å². The third kappa shape index (κ3) is 4.38. The van der Waals surface area contributed by atoms with Crippen molar-refractivity contribution in [3.8, 4) is 22.8 Å². The molecule has 0 spiro atoms. The van der Waals surface area contributed by atoms with E-state index in [1.54, 1.807) is 6.26 Å². The zero-order valence-electron chi connectivity index (χ0n) is 16.8. The van der Waals surface area contributed by atoms with E-state index in [4.69, 9.17) is 9.26 Å². The van der Waals surface area contributed by atoms with E-state index in [1.807, 2.05) is 72.4 Å².